The van der Waals surface area contributed by atoms with Crippen molar-refractivity contribution in [3.8, 4) is 0 Å². The van der Waals surface area contributed by atoms with Crippen LogP contribution < -0.4 is 0 Å². The molecule has 0 bridgehead atoms. The van der Waals surface area contributed by atoms with Gasteiger partial charge in [-0.2, -0.15) is 0 Å². The summed E-state index contributed by atoms with van der Waals surface area (Å²) >= 11 is 0. The zero-order chi connectivity index (χ0) is 12.0. The summed E-state index contributed by atoms with van der Waals surface area (Å²) in [5, 5.41) is 0. The SMILES string of the molecule is CO[13C](=O)/[13C](=[13CH]/[13c]1[13cH][13cH][13cH][13cH][13cH]1)OC(C)=O. The van der Waals surface area contributed by atoms with Gasteiger partial charge in [-0.1, -0.05) is 30.3 Å². The quantitative estimate of drug-likeness (QED) is 0.343. The molecular weight excluding hydrogens is 217 g/mol. The molecule has 0 saturated carbocycles. The van der Waals surface area contributed by atoms with E-state index in [1.165, 1.54) is 20.1 Å². The number of carbonyl (C=O) groups is 2. The summed E-state index contributed by atoms with van der Waals surface area (Å²) in [4.78, 5) is 22.1. The molecule has 1 aromatic rings. The monoisotopic (exact) mass is 229 g/mol. The third kappa shape index (κ3) is 3.57. The zero-order valence-electron chi connectivity index (χ0n) is 9.10. The van der Waals surface area contributed by atoms with E-state index in [-0.39, 0.29) is 5.76 Å². The Morgan fingerprint density at radius 1 is 1.19 bits per heavy atom. The number of rotatable bonds is 3. The van der Waals surface area contributed by atoms with Gasteiger partial charge in [0.2, 0.25) is 5.76 Å². The van der Waals surface area contributed by atoms with Crippen LogP contribution in [-0.4, -0.2) is 19.0 Å². The van der Waals surface area contributed by atoms with Crippen molar-refractivity contribution in [3.63, 3.8) is 0 Å². The Bertz CT molecular complexity index is 406. The molecule has 0 radical (unpaired) electrons. The van der Waals surface area contributed by atoms with Crippen molar-refractivity contribution in [2.24, 2.45) is 0 Å². The Labute approximate surface area is 93.5 Å². The van der Waals surface area contributed by atoms with Crippen molar-refractivity contribution >= 4 is 18.0 Å². The summed E-state index contributed by atoms with van der Waals surface area (Å²) in [5.74, 6) is -1.37. The van der Waals surface area contributed by atoms with Crippen LogP contribution in [0.15, 0.2) is 36.1 Å². The Kier molecular flexibility index (Phi) is 4.27. The second-order valence-corrected chi connectivity index (χ2v) is 3.00. The van der Waals surface area contributed by atoms with Gasteiger partial charge in [0.15, 0.2) is 0 Å². The maximum atomic E-state index is 11.3. The van der Waals surface area contributed by atoms with Gasteiger partial charge >= 0.3 is 11.9 Å². The van der Waals surface area contributed by atoms with E-state index in [0.29, 0.717) is 0 Å². The van der Waals surface area contributed by atoms with Gasteiger partial charge in [-0.05, 0) is 11.6 Å². The van der Waals surface area contributed by atoms with Crippen LogP contribution in [0, 0.1) is 0 Å². The summed E-state index contributed by atoms with van der Waals surface area (Å²) in [7, 11) is 1.23. The Morgan fingerprint density at radius 3 is 2.31 bits per heavy atom. The Balaban J connectivity index is 2.96. The standard InChI is InChI=1S/C12H12O4/c1-9(13)16-11(12(14)15-2)8-10-6-4-3-5-7-10/h3-8H,1-2H3/b11-8-/i3+1,4+1,5+1,6+1,7+1,8+1,10+1,11+1,12+1. The van der Waals surface area contributed by atoms with Crippen molar-refractivity contribution in [1.82, 2.24) is 0 Å². The van der Waals surface area contributed by atoms with E-state index in [1.54, 1.807) is 12.1 Å². The molecule has 0 N–H and O–H groups in total. The van der Waals surface area contributed by atoms with Gasteiger partial charge in [0, 0.05) is 6.92 Å². The maximum Gasteiger partial charge on any atom is 0.374 e. The third-order valence-electron chi connectivity index (χ3n) is 1.74. The number of ether oxygens (including phenoxy) is 2. The van der Waals surface area contributed by atoms with Crippen LogP contribution in [0.4, 0.5) is 0 Å². The van der Waals surface area contributed by atoms with Crippen LogP contribution in [0.25, 0.3) is 6.08 Å². The van der Waals surface area contributed by atoms with Gasteiger partial charge in [0.25, 0.3) is 0 Å². The molecule has 0 aliphatic heterocycles. The lowest BCUT2D eigenvalue weighted by Crippen LogP contribution is -2.10. The van der Waals surface area contributed by atoms with Crippen molar-refractivity contribution in [2.45, 2.75) is 6.92 Å². The van der Waals surface area contributed by atoms with E-state index >= 15 is 0 Å². The third-order valence-corrected chi connectivity index (χ3v) is 1.74. The van der Waals surface area contributed by atoms with Crippen molar-refractivity contribution in [2.75, 3.05) is 7.11 Å². The zero-order valence-corrected chi connectivity index (χ0v) is 9.10. The highest BCUT2D eigenvalue weighted by atomic mass is 16.7. The summed E-state index contributed by atoms with van der Waals surface area (Å²) in [6.45, 7) is 1.22. The first-order chi connectivity index (χ1) is 7.63. The fourth-order valence-electron chi connectivity index (χ4n) is 1.09. The fourth-order valence-corrected chi connectivity index (χ4v) is 1.09. The summed E-state index contributed by atoms with van der Waals surface area (Å²) in [6, 6.07) is 9.04. The van der Waals surface area contributed by atoms with Crippen molar-refractivity contribution in [1.29, 1.82) is 0 Å². The van der Waals surface area contributed by atoms with Gasteiger partial charge in [-0.3, -0.25) is 4.79 Å². The molecule has 0 heterocycles. The molecule has 0 aromatic heterocycles. The minimum Gasteiger partial charge on any atom is -0.463 e. The Morgan fingerprint density at radius 2 is 1.81 bits per heavy atom. The van der Waals surface area contributed by atoms with Crippen LogP contribution in [0.2, 0.25) is 0 Å². The molecule has 0 saturated heterocycles. The molecular formula is C12H12O4. The predicted molar refractivity (Wildman–Crippen MR) is 58.2 cm³/mol. The normalized spacial score (nSPS) is 10.8. The minimum atomic E-state index is -0.681. The topological polar surface area (TPSA) is 52.6 Å². The summed E-state index contributed by atoms with van der Waals surface area (Å²) in [6.07, 6.45) is 1.45. The maximum absolute atomic E-state index is 11.3. The lowest BCUT2D eigenvalue weighted by atomic mass is 10.8. The van der Waals surface area contributed by atoms with Crippen LogP contribution in [0.3, 0.4) is 0 Å². The second-order valence-electron chi connectivity index (χ2n) is 3.00. The molecule has 0 spiro atoms. The molecule has 0 unspecified atom stereocenters. The van der Waals surface area contributed by atoms with E-state index < -0.39 is 11.9 Å². The summed E-state index contributed by atoms with van der Waals surface area (Å²) < 4.78 is 9.26. The smallest absolute Gasteiger partial charge is 0.374 e. The molecule has 0 atom stereocenters. The van der Waals surface area contributed by atoms with E-state index in [9.17, 15) is 9.59 Å². The number of benzene rings is 1. The van der Waals surface area contributed by atoms with Gasteiger partial charge in [0.05, 0.1) is 7.11 Å². The largest absolute Gasteiger partial charge is 0.463 e. The molecule has 1 aromatic carbocycles. The first kappa shape index (κ1) is 12.0. The van der Waals surface area contributed by atoms with Crippen LogP contribution in [-0.2, 0) is 19.1 Å². The number of methoxy groups -OCH3 is 1. The lowest BCUT2D eigenvalue weighted by molar-refractivity contribution is -0.148. The lowest BCUT2D eigenvalue weighted by Gasteiger charge is -2.04. The number of hydrogen-bond acceptors (Lipinski definition) is 4. The van der Waals surface area contributed by atoms with Gasteiger partial charge in [-0.15, -0.1) is 0 Å². The first-order valence-corrected chi connectivity index (χ1v) is 4.67. The Hall–Kier alpha value is -2.10. The molecule has 4 heteroatoms. The number of carbonyl (C=O) groups excluding carboxylic acids is 2. The van der Waals surface area contributed by atoms with E-state index in [2.05, 4.69) is 4.74 Å². The molecule has 4 nitrogen and oxygen atoms in total. The van der Waals surface area contributed by atoms with Crippen LogP contribution >= 0.6 is 0 Å². The van der Waals surface area contributed by atoms with E-state index in [1.807, 2.05) is 18.2 Å². The first-order valence-electron chi connectivity index (χ1n) is 4.67. The average Bonchev–Trinajstić information content (AvgIpc) is 2.28. The van der Waals surface area contributed by atoms with E-state index in [0.717, 1.165) is 5.56 Å². The highest BCUT2D eigenvalue weighted by Gasteiger charge is 2.13. The fraction of sp³-hybridized carbons (Fsp3) is 0.167. The van der Waals surface area contributed by atoms with Gasteiger partial charge < -0.3 is 9.47 Å². The highest BCUT2D eigenvalue weighted by Crippen LogP contribution is 2.09. The molecule has 84 valence electrons. The van der Waals surface area contributed by atoms with Gasteiger partial charge in [0.1, 0.15) is 0 Å². The van der Waals surface area contributed by atoms with Crippen LogP contribution in [0.1, 0.15) is 12.5 Å². The van der Waals surface area contributed by atoms with Gasteiger partial charge in [-0.25, -0.2) is 4.79 Å². The summed E-state index contributed by atoms with van der Waals surface area (Å²) in [5.41, 5.74) is 0.754. The van der Waals surface area contributed by atoms with Crippen molar-refractivity contribution in [3.05, 3.63) is 41.7 Å². The number of esters is 2. The molecule has 0 amide bonds. The van der Waals surface area contributed by atoms with E-state index in [4.69, 9.17) is 4.74 Å². The molecule has 0 fully saturated rings. The van der Waals surface area contributed by atoms with Crippen LogP contribution in [0.5, 0.6) is 0 Å². The molecule has 1 rings (SSSR count). The number of hydrogen-bond donors (Lipinski definition) is 0. The van der Waals surface area contributed by atoms with Crippen molar-refractivity contribution < 1.29 is 19.1 Å². The molecule has 16 heavy (non-hydrogen) atoms. The molecule has 0 aliphatic carbocycles. The highest BCUT2D eigenvalue weighted by molar-refractivity contribution is 5.93. The predicted octanol–water partition coefficient (Wildman–Crippen LogP) is 1.76. The average molecular weight is 229 g/mol. The molecule has 0 aliphatic rings. The minimum absolute atomic E-state index is 0.124. The second kappa shape index (κ2) is 5.70.